The number of benzene rings is 3. The van der Waals surface area contributed by atoms with Crippen LogP contribution < -0.4 is 5.32 Å². The number of hydrogen-bond donors (Lipinski definition) is 2. The van der Waals surface area contributed by atoms with Crippen LogP contribution in [0.4, 0.5) is 5.82 Å². The lowest BCUT2D eigenvalue weighted by atomic mass is 9.96. The number of fused-ring (bicyclic) bond motifs is 2. The average Bonchev–Trinajstić information content (AvgIpc) is 3.26. The summed E-state index contributed by atoms with van der Waals surface area (Å²) in [5, 5.41) is 16.4. The summed E-state index contributed by atoms with van der Waals surface area (Å²) in [4.78, 5) is 23.3. The molecule has 5 nitrogen and oxygen atoms in total. The van der Waals surface area contributed by atoms with Gasteiger partial charge in [-0.2, -0.15) is 0 Å². The number of aliphatic carboxylic acids is 1. The highest BCUT2D eigenvalue weighted by molar-refractivity contribution is 7.19. The normalized spacial score (nSPS) is 12.1. The third-order valence-corrected chi connectivity index (χ3v) is 7.36. The molecule has 1 atom stereocenters. The Hall–Kier alpha value is -3.77. The van der Waals surface area contributed by atoms with E-state index >= 15 is 0 Å². The highest BCUT2D eigenvalue weighted by Crippen LogP contribution is 2.43. The summed E-state index contributed by atoms with van der Waals surface area (Å²) < 4.78 is 0. The number of aromatic nitrogens is 2. The molecule has 6 heteroatoms. The molecule has 2 N–H and O–H groups in total. The molecule has 0 bridgehead atoms. The molecule has 34 heavy (non-hydrogen) atoms. The fourth-order valence-corrected chi connectivity index (χ4v) is 5.54. The Labute approximate surface area is 202 Å². The lowest BCUT2D eigenvalue weighted by molar-refractivity contribution is -0.138. The van der Waals surface area contributed by atoms with E-state index in [1.165, 1.54) is 16.6 Å². The molecular weight excluding hydrogens is 442 g/mol. The van der Waals surface area contributed by atoms with Crippen molar-refractivity contribution < 1.29 is 9.90 Å². The van der Waals surface area contributed by atoms with Gasteiger partial charge in [0.25, 0.3) is 0 Å². The van der Waals surface area contributed by atoms with Crippen LogP contribution in [-0.4, -0.2) is 27.1 Å². The van der Waals surface area contributed by atoms with Gasteiger partial charge in [0.15, 0.2) is 0 Å². The number of carbonyl (C=O) groups is 1. The van der Waals surface area contributed by atoms with Crippen LogP contribution in [0.1, 0.15) is 23.8 Å². The molecule has 0 radical (unpaired) electrons. The van der Waals surface area contributed by atoms with Crippen LogP contribution in [-0.2, 0) is 17.6 Å². The minimum Gasteiger partial charge on any atom is -0.480 e. The molecule has 2 aromatic heterocycles. The summed E-state index contributed by atoms with van der Waals surface area (Å²) in [6, 6.07) is 23.8. The van der Waals surface area contributed by atoms with Gasteiger partial charge in [-0.25, -0.2) is 14.8 Å². The second-order valence-electron chi connectivity index (χ2n) is 8.24. The molecule has 5 aromatic rings. The molecule has 3 aromatic carbocycles. The average molecular weight is 468 g/mol. The number of rotatable bonds is 8. The molecule has 0 saturated heterocycles. The van der Waals surface area contributed by atoms with E-state index in [9.17, 15) is 9.90 Å². The van der Waals surface area contributed by atoms with E-state index in [1.54, 1.807) is 11.3 Å². The van der Waals surface area contributed by atoms with Gasteiger partial charge in [-0.1, -0.05) is 79.7 Å². The van der Waals surface area contributed by atoms with Gasteiger partial charge < -0.3 is 10.4 Å². The first kappa shape index (κ1) is 22.0. The second-order valence-corrected chi connectivity index (χ2v) is 9.33. The van der Waals surface area contributed by atoms with E-state index in [-0.39, 0.29) is 0 Å². The number of nitrogens with zero attached hydrogens (tertiary/aromatic N) is 2. The minimum absolute atomic E-state index is 0.458. The maximum Gasteiger partial charge on any atom is 0.326 e. The smallest absolute Gasteiger partial charge is 0.326 e. The van der Waals surface area contributed by atoms with E-state index in [4.69, 9.17) is 0 Å². The second kappa shape index (κ2) is 9.61. The topological polar surface area (TPSA) is 75.1 Å². The van der Waals surface area contributed by atoms with Crippen molar-refractivity contribution in [3.05, 3.63) is 89.6 Å². The first-order valence-electron chi connectivity index (χ1n) is 11.4. The van der Waals surface area contributed by atoms with Crippen molar-refractivity contribution in [2.24, 2.45) is 0 Å². The highest BCUT2D eigenvalue weighted by Gasteiger charge is 2.23. The van der Waals surface area contributed by atoms with Crippen molar-refractivity contribution in [3.8, 4) is 11.1 Å². The Bertz CT molecular complexity index is 1460. The zero-order valence-corrected chi connectivity index (χ0v) is 19.7. The molecule has 1 unspecified atom stereocenters. The lowest BCUT2D eigenvalue weighted by Crippen LogP contribution is -2.30. The summed E-state index contributed by atoms with van der Waals surface area (Å²) in [7, 11) is 0. The molecule has 0 aliphatic heterocycles. The van der Waals surface area contributed by atoms with Gasteiger partial charge in [-0.05, 0) is 41.2 Å². The Balaban J connectivity index is 1.59. The van der Waals surface area contributed by atoms with Crippen molar-refractivity contribution in [2.45, 2.75) is 32.2 Å². The van der Waals surface area contributed by atoms with Gasteiger partial charge >= 0.3 is 5.97 Å². The number of nitrogens with one attached hydrogen (secondary N) is 1. The number of anilines is 1. The largest absolute Gasteiger partial charge is 0.480 e. The van der Waals surface area contributed by atoms with Crippen LogP contribution in [0.25, 0.3) is 32.1 Å². The van der Waals surface area contributed by atoms with Crippen molar-refractivity contribution in [2.75, 3.05) is 5.32 Å². The molecule has 0 spiro atoms. The van der Waals surface area contributed by atoms with Gasteiger partial charge in [0.1, 0.15) is 23.0 Å². The van der Waals surface area contributed by atoms with E-state index < -0.39 is 12.0 Å². The van der Waals surface area contributed by atoms with Crippen LogP contribution in [0.3, 0.4) is 0 Å². The van der Waals surface area contributed by atoms with E-state index in [2.05, 4.69) is 52.5 Å². The van der Waals surface area contributed by atoms with Crippen LogP contribution in [0, 0.1) is 0 Å². The summed E-state index contributed by atoms with van der Waals surface area (Å²) >= 11 is 1.65. The molecule has 0 saturated carbocycles. The molecule has 170 valence electrons. The van der Waals surface area contributed by atoms with E-state index in [0.29, 0.717) is 18.7 Å². The standard InChI is InChI=1S/C28H25N3O2S/c1-2-23-24(21-14-8-12-19-11-6-7-13-20(19)21)25-26(29-17-30-27(25)34-23)31-22(28(32)33)16-15-18-9-4-3-5-10-18/h3-14,17,22H,2,15-16H2,1H3,(H,32,33)(H,29,30,31). The predicted molar refractivity (Wildman–Crippen MR) is 140 cm³/mol. The maximum atomic E-state index is 12.1. The SMILES string of the molecule is CCc1sc2ncnc(NC(CCc3ccccc3)C(=O)O)c2c1-c1cccc2ccccc12. The molecular formula is C28H25N3O2S. The molecule has 5 rings (SSSR count). The first-order chi connectivity index (χ1) is 16.7. The maximum absolute atomic E-state index is 12.1. The monoisotopic (exact) mass is 467 g/mol. The molecule has 0 fully saturated rings. The van der Waals surface area contributed by atoms with Crippen molar-refractivity contribution in [1.29, 1.82) is 0 Å². The van der Waals surface area contributed by atoms with Crippen molar-refractivity contribution in [1.82, 2.24) is 9.97 Å². The van der Waals surface area contributed by atoms with E-state index in [0.717, 1.165) is 38.7 Å². The van der Waals surface area contributed by atoms with Crippen LogP contribution in [0.2, 0.25) is 0 Å². The summed E-state index contributed by atoms with van der Waals surface area (Å²) in [6.07, 6.45) is 3.50. The molecule has 2 heterocycles. The Kier molecular flexibility index (Phi) is 6.23. The zero-order chi connectivity index (χ0) is 23.5. The van der Waals surface area contributed by atoms with Gasteiger partial charge in [0.05, 0.1) is 5.39 Å². The number of hydrogen-bond acceptors (Lipinski definition) is 5. The van der Waals surface area contributed by atoms with Crippen molar-refractivity contribution in [3.63, 3.8) is 0 Å². The third-order valence-electron chi connectivity index (χ3n) is 6.11. The van der Waals surface area contributed by atoms with Gasteiger partial charge in [-0.15, -0.1) is 11.3 Å². The third kappa shape index (κ3) is 4.24. The van der Waals surface area contributed by atoms with E-state index in [1.807, 2.05) is 42.5 Å². The highest BCUT2D eigenvalue weighted by atomic mass is 32.1. The molecule has 0 amide bonds. The summed E-state index contributed by atoms with van der Waals surface area (Å²) in [5.41, 5.74) is 3.33. The van der Waals surface area contributed by atoms with Crippen molar-refractivity contribution >= 4 is 44.1 Å². The fraction of sp³-hybridized carbons (Fsp3) is 0.179. The fourth-order valence-electron chi connectivity index (χ4n) is 4.44. The van der Waals surface area contributed by atoms with Gasteiger partial charge in [0.2, 0.25) is 0 Å². The summed E-state index contributed by atoms with van der Waals surface area (Å²) in [5.74, 6) is -0.315. The van der Waals surface area contributed by atoms with Crippen LogP contribution in [0.15, 0.2) is 79.1 Å². The Morgan fingerprint density at radius 3 is 2.56 bits per heavy atom. The minimum atomic E-state index is -0.889. The van der Waals surface area contributed by atoms with Crippen LogP contribution in [0.5, 0.6) is 0 Å². The van der Waals surface area contributed by atoms with Crippen LogP contribution >= 0.6 is 11.3 Å². The predicted octanol–water partition coefficient (Wildman–Crippen LogP) is 6.57. The number of thiophene rings is 1. The number of aryl methyl sites for hydroxylation is 2. The summed E-state index contributed by atoms with van der Waals surface area (Å²) in [6.45, 7) is 2.14. The Morgan fingerprint density at radius 2 is 1.76 bits per heavy atom. The first-order valence-corrected chi connectivity index (χ1v) is 12.2. The quantitative estimate of drug-likeness (QED) is 0.270. The Morgan fingerprint density at radius 1 is 1.00 bits per heavy atom. The van der Waals surface area contributed by atoms with Gasteiger partial charge in [0, 0.05) is 10.4 Å². The number of carboxylic acids is 1. The number of carboxylic acid groups (broad SMARTS) is 1. The lowest BCUT2D eigenvalue weighted by Gasteiger charge is -2.17. The zero-order valence-electron chi connectivity index (χ0n) is 18.9. The molecule has 0 aliphatic rings. The van der Waals surface area contributed by atoms with Gasteiger partial charge in [-0.3, -0.25) is 0 Å². The molecule has 0 aliphatic carbocycles.